The number of carbonyl (C=O) groups is 1. The summed E-state index contributed by atoms with van der Waals surface area (Å²) in [4.78, 5) is 19.6. The van der Waals surface area contributed by atoms with E-state index in [1.807, 2.05) is 48.6 Å². The third-order valence-electron chi connectivity index (χ3n) is 6.06. The van der Waals surface area contributed by atoms with E-state index in [2.05, 4.69) is 9.55 Å². The average Bonchev–Trinajstić information content (AvgIpc) is 3.51. The molecule has 0 unspecified atom stereocenters. The molecule has 1 aliphatic heterocycles. The number of likely N-dealkylation sites (tertiary alicyclic amines) is 1. The standard InChI is InChI=1S/C25H24FN5O/c1-18-2-4-19(5-3-18)24-23(16-31(28-24)22-8-6-20(26)7-9-22)25(32)29-13-10-21(11-14-29)30-15-12-27-17-30/h2-9,12,15-17,21H,10-11,13-14H2,1H3. The maximum Gasteiger partial charge on any atom is 0.257 e. The van der Waals surface area contributed by atoms with E-state index in [1.54, 1.807) is 29.2 Å². The van der Waals surface area contributed by atoms with E-state index in [4.69, 9.17) is 5.10 Å². The van der Waals surface area contributed by atoms with E-state index in [9.17, 15) is 9.18 Å². The van der Waals surface area contributed by atoms with Crippen molar-refractivity contribution in [3.05, 3.63) is 90.4 Å². The van der Waals surface area contributed by atoms with Crippen LogP contribution in [0.2, 0.25) is 0 Å². The smallest absolute Gasteiger partial charge is 0.257 e. The van der Waals surface area contributed by atoms with Gasteiger partial charge >= 0.3 is 0 Å². The van der Waals surface area contributed by atoms with E-state index in [0.29, 0.717) is 36.1 Å². The highest BCUT2D eigenvalue weighted by Crippen LogP contribution is 2.28. The van der Waals surface area contributed by atoms with Crippen LogP contribution >= 0.6 is 0 Å². The molecule has 0 spiro atoms. The lowest BCUT2D eigenvalue weighted by molar-refractivity contribution is 0.0695. The van der Waals surface area contributed by atoms with Crippen LogP contribution in [0.3, 0.4) is 0 Å². The number of hydrogen-bond acceptors (Lipinski definition) is 3. The molecule has 0 aliphatic carbocycles. The summed E-state index contributed by atoms with van der Waals surface area (Å²) < 4.78 is 17.2. The van der Waals surface area contributed by atoms with Gasteiger partial charge in [-0.25, -0.2) is 14.1 Å². The Morgan fingerprint density at radius 1 is 1.03 bits per heavy atom. The Hall–Kier alpha value is -3.74. The summed E-state index contributed by atoms with van der Waals surface area (Å²) in [5.74, 6) is -0.338. The molecule has 1 amide bonds. The second-order valence-electron chi connectivity index (χ2n) is 8.21. The normalized spacial score (nSPS) is 14.6. The topological polar surface area (TPSA) is 56.0 Å². The summed E-state index contributed by atoms with van der Waals surface area (Å²) in [5.41, 5.74) is 3.92. The zero-order chi connectivity index (χ0) is 22.1. The summed E-state index contributed by atoms with van der Waals surface area (Å²) in [6, 6.07) is 14.5. The van der Waals surface area contributed by atoms with Gasteiger partial charge in [0.15, 0.2) is 0 Å². The van der Waals surface area contributed by atoms with Crippen molar-refractivity contribution >= 4 is 5.91 Å². The molecule has 4 aromatic rings. The number of carbonyl (C=O) groups excluding carboxylic acids is 1. The van der Waals surface area contributed by atoms with Crippen molar-refractivity contribution in [1.82, 2.24) is 24.2 Å². The molecule has 5 rings (SSSR count). The number of nitrogens with zero attached hydrogens (tertiary/aromatic N) is 5. The molecular formula is C25H24FN5O. The second kappa shape index (κ2) is 8.42. The predicted molar refractivity (Wildman–Crippen MR) is 120 cm³/mol. The first-order chi connectivity index (χ1) is 15.6. The monoisotopic (exact) mass is 429 g/mol. The van der Waals surface area contributed by atoms with E-state index in [1.165, 1.54) is 12.1 Å². The van der Waals surface area contributed by atoms with Gasteiger partial charge in [-0.15, -0.1) is 0 Å². The molecule has 0 bridgehead atoms. The Kier molecular flexibility index (Phi) is 5.31. The molecule has 32 heavy (non-hydrogen) atoms. The minimum Gasteiger partial charge on any atom is -0.338 e. The molecule has 0 atom stereocenters. The van der Waals surface area contributed by atoms with Crippen LogP contribution in [-0.2, 0) is 0 Å². The molecule has 1 saturated heterocycles. The summed E-state index contributed by atoms with van der Waals surface area (Å²) in [5, 5.41) is 4.72. The lowest BCUT2D eigenvalue weighted by Crippen LogP contribution is -2.39. The number of aryl methyl sites for hydroxylation is 1. The van der Waals surface area contributed by atoms with Crippen LogP contribution in [0.25, 0.3) is 16.9 Å². The molecule has 1 fully saturated rings. The van der Waals surface area contributed by atoms with Gasteiger partial charge in [0, 0.05) is 43.3 Å². The van der Waals surface area contributed by atoms with E-state index in [-0.39, 0.29) is 11.7 Å². The lowest BCUT2D eigenvalue weighted by Gasteiger charge is -2.32. The predicted octanol–water partition coefficient (Wildman–Crippen LogP) is 4.66. The van der Waals surface area contributed by atoms with Crippen LogP contribution in [0.1, 0.15) is 34.8 Å². The van der Waals surface area contributed by atoms with Crippen LogP contribution < -0.4 is 0 Å². The van der Waals surface area contributed by atoms with Gasteiger partial charge in [-0.1, -0.05) is 29.8 Å². The van der Waals surface area contributed by atoms with Crippen molar-refractivity contribution in [3.63, 3.8) is 0 Å². The number of piperidine rings is 1. The Morgan fingerprint density at radius 3 is 2.41 bits per heavy atom. The number of benzene rings is 2. The third-order valence-corrected chi connectivity index (χ3v) is 6.06. The SMILES string of the molecule is Cc1ccc(-c2nn(-c3ccc(F)cc3)cc2C(=O)N2CCC(n3ccnc3)CC2)cc1. The van der Waals surface area contributed by atoms with Crippen molar-refractivity contribution in [2.24, 2.45) is 0 Å². The van der Waals surface area contributed by atoms with Crippen molar-refractivity contribution in [2.75, 3.05) is 13.1 Å². The zero-order valence-corrected chi connectivity index (χ0v) is 17.9. The van der Waals surface area contributed by atoms with E-state index >= 15 is 0 Å². The van der Waals surface area contributed by atoms with Gasteiger partial charge in [-0.3, -0.25) is 4.79 Å². The van der Waals surface area contributed by atoms with Gasteiger partial charge in [0.2, 0.25) is 0 Å². The molecule has 0 saturated carbocycles. The van der Waals surface area contributed by atoms with Gasteiger partial charge < -0.3 is 9.47 Å². The molecule has 0 N–H and O–H groups in total. The maximum atomic E-state index is 13.5. The Labute approximate surface area is 185 Å². The molecule has 162 valence electrons. The highest BCUT2D eigenvalue weighted by Gasteiger charge is 2.28. The summed E-state index contributed by atoms with van der Waals surface area (Å²) >= 11 is 0. The molecule has 0 radical (unpaired) electrons. The van der Waals surface area contributed by atoms with Crippen LogP contribution in [0.5, 0.6) is 0 Å². The third kappa shape index (κ3) is 3.93. The first-order valence-corrected chi connectivity index (χ1v) is 10.8. The summed E-state index contributed by atoms with van der Waals surface area (Å²) in [6.45, 7) is 3.38. The number of rotatable bonds is 4. The Bertz CT molecular complexity index is 1200. The molecular weight excluding hydrogens is 405 g/mol. The van der Waals surface area contributed by atoms with E-state index < -0.39 is 0 Å². The summed E-state index contributed by atoms with van der Waals surface area (Å²) in [6.07, 6.45) is 9.12. The average molecular weight is 429 g/mol. The number of amides is 1. The lowest BCUT2D eigenvalue weighted by atomic mass is 10.0. The van der Waals surface area contributed by atoms with Gasteiger partial charge in [-0.05, 0) is 44.0 Å². The highest BCUT2D eigenvalue weighted by atomic mass is 19.1. The quantitative estimate of drug-likeness (QED) is 0.474. The van der Waals surface area contributed by atoms with Crippen LogP contribution in [0.15, 0.2) is 73.4 Å². The van der Waals surface area contributed by atoms with Gasteiger partial charge in [0.05, 0.1) is 17.6 Å². The van der Waals surface area contributed by atoms with Crippen LogP contribution in [-0.4, -0.2) is 43.2 Å². The number of hydrogen-bond donors (Lipinski definition) is 0. The van der Waals surface area contributed by atoms with Gasteiger partial charge in [-0.2, -0.15) is 5.10 Å². The zero-order valence-electron chi connectivity index (χ0n) is 17.9. The highest BCUT2D eigenvalue weighted by molar-refractivity contribution is 6.00. The molecule has 1 aliphatic rings. The number of aromatic nitrogens is 4. The largest absolute Gasteiger partial charge is 0.338 e. The van der Waals surface area contributed by atoms with Crippen molar-refractivity contribution < 1.29 is 9.18 Å². The minimum atomic E-state index is -0.309. The number of imidazole rings is 1. The molecule has 2 aromatic heterocycles. The Morgan fingerprint density at radius 2 is 1.75 bits per heavy atom. The van der Waals surface area contributed by atoms with Gasteiger partial charge in [0.25, 0.3) is 5.91 Å². The fraction of sp³-hybridized carbons (Fsp3) is 0.240. The Balaban J connectivity index is 1.45. The molecule has 2 aromatic carbocycles. The first-order valence-electron chi connectivity index (χ1n) is 10.8. The second-order valence-corrected chi connectivity index (χ2v) is 8.21. The molecule has 7 heteroatoms. The molecule has 6 nitrogen and oxygen atoms in total. The summed E-state index contributed by atoms with van der Waals surface area (Å²) in [7, 11) is 0. The maximum absolute atomic E-state index is 13.5. The van der Waals surface area contributed by atoms with Crippen molar-refractivity contribution in [1.29, 1.82) is 0 Å². The van der Waals surface area contributed by atoms with Crippen molar-refractivity contribution in [3.8, 4) is 16.9 Å². The van der Waals surface area contributed by atoms with Crippen LogP contribution in [0.4, 0.5) is 4.39 Å². The number of halogens is 1. The first kappa shape index (κ1) is 20.2. The van der Waals surface area contributed by atoms with E-state index in [0.717, 1.165) is 24.0 Å². The minimum absolute atomic E-state index is 0.0296. The van der Waals surface area contributed by atoms with Gasteiger partial charge in [0.1, 0.15) is 11.5 Å². The van der Waals surface area contributed by atoms with Crippen LogP contribution in [0, 0.1) is 12.7 Å². The fourth-order valence-electron chi connectivity index (χ4n) is 4.20. The molecule has 3 heterocycles. The van der Waals surface area contributed by atoms with Crippen molar-refractivity contribution in [2.45, 2.75) is 25.8 Å². The fourth-order valence-corrected chi connectivity index (χ4v) is 4.20.